The van der Waals surface area contributed by atoms with Gasteiger partial charge in [0.15, 0.2) is 0 Å². The summed E-state index contributed by atoms with van der Waals surface area (Å²) < 4.78 is 5.21. The molecule has 2 aromatic carbocycles. The van der Waals surface area contributed by atoms with E-state index in [9.17, 15) is 4.79 Å². The molecule has 0 unspecified atom stereocenters. The Hall–Kier alpha value is -3.35. The number of benzene rings is 2. The van der Waals surface area contributed by atoms with E-state index < -0.39 is 0 Å². The first kappa shape index (κ1) is 18.4. The summed E-state index contributed by atoms with van der Waals surface area (Å²) in [6.07, 6.45) is 1.87. The molecule has 0 aliphatic carbocycles. The van der Waals surface area contributed by atoms with Gasteiger partial charge in [0.2, 0.25) is 5.95 Å². The van der Waals surface area contributed by atoms with E-state index in [0.29, 0.717) is 24.5 Å². The maximum Gasteiger partial charge on any atom is 0.338 e. The van der Waals surface area contributed by atoms with Crippen LogP contribution < -0.4 is 16.8 Å². The van der Waals surface area contributed by atoms with Crippen molar-refractivity contribution in [2.75, 3.05) is 23.4 Å². The Morgan fingerprint density at radius 3 is 2.63 bits per heavy atom. The number of carbonyl (C=O) groups is 1. The SMILES string of the molecule is CCCCOC(=O)c1ccc(NCc2ccc3nc(N)nc(N)c3c2)cc1. The van der Waals surface area contributed by atoms with Gasteiger partial charge in [0.25, 0.3) is 0 Å². The number of hydrogen-bond acceptors (Lipinski definition) is 7. The van der Waals surface area contributed by atoms with Gasteiger partial charge in [-0.3, -0.25) is 0 Å². The van der Waals surface area contributed by atoms with Gasteiger partial charge in [0.1, 0.15) is 5.82 Å². The number of hydrogen-bond donors (Lipinski definition) is 3. The standard InChI is InChI=1S/C20H23N5O2/c1-2-3-10-27-19(26)14-5-7-15(8-6-14)23-12-13-4-9-17-16(11-13)18(21)25-20(22)24-17/h4-9,11,23H,2-3,10,12H2,1H3,(H4,21,22,24,25). The van der Waals surface area contributed by atoms with E-state index in [1.807, 2.05) is 30.3 Å². The third kappa shape index (κ3) is 4.63. The molecule has 0 atom stereocenters. The third-order valence-electron chi connectivity index (χ3n) is 4.16. The number of unbranched alkanes of at least 4 members (excludes halogenated alkanes) is 1. The van der Waals surface area contributed by atoms with Gasteiger partial charge in [-0.2, -0.15) is 4.98 Å². The van der Waals surface area contributed by atoms with E-state index in [1.54, 1.807) is 12.1 Å². The summed E-state index contributed by atoms with van der Waals surface area (Å²) in [5.41, 5.74) is 14.7. The molecule has 1 aromatic heterocycles. The van der Waals surface area contributed by atoms with Crippen molar-refractivity contribution in [1.29, 1.82) is 0 Å². The summed E-state index contributed by atoms with van der Waals surface area (Å²) in [7, 11) is 0. The second kappa shape index (κ2) is 8.35. The zero-order chi connectivity index (χ0) is 19.2. The molecule has 0 aliphatic heterocycles. The summed E-state index contributed by atoms with van der Waals surface area (Å²) in [4.78, 5) is 20.1. The van der Waals surface area contributed by atoms with Gasteiger partial charge < -0.3 is 21.5 Å². The van der Waals surface area contributed by atoms with Crippen LogP contribution in [0.25, 0.3) is 10.9 Å². The molecule has 140 valence electrons. The van der Waals surface area contributed by atoms with Gasteiger partial charge in [0, 0.05) is 17.6 Å². The highest BCUT2D eigenvalue weighted by molar-refractivity contribution is 5.90. The topological polar surface area (TPSA) is 116 Å². The number of nitrogens with zero attached hydrogens (tertiary/aromatic N) is 2. The Morgan fingerprint density at radius 2 is 1.89 bits per heavy atom. The quantitative estimate of drug-likeness (QED) is 0.434. The minimum atomic E-state index is -0.292. The molecule has 0 saturated carbocycles. The van der Waals surface area contributed by atoms with Crippen molar-refractivity contribution in [3.63, 3.8) is 0 Å². The largest absolute Gasteiger partial charge is 0.462 e. The first-order valence-corrected chi connectivity index (χ1v) is 8.89. The fourth-order valence-electron chi connectivity index (χ4n) is 2.65. The Kier molecular flexibility index (Phi) is 5.71. The fraction of sp³-hybridized carbons (Fsp3) is 0.250. The Morgan fingerprint density at radius 1 is 1.11 bits per heavy atom. The van der Waals surface area contributed by atoms with Crippen molar-refractivity contribution < 1.29 is 9.53 Å². The van der Waals surface area contributed by atoms with Crippen LogP contribution >= 0.6 is 0 Å². The van der Waals surface area contributed by atoms with Crippen LogP contribution in [0.15, 0.2) is 42.5 Å². The molecule has 0 fully saturated rings. The minimum Gasteiger partial charge on any atom is -0.462 e. The average Bonchev–Trinajstić information content (AvgIpc) is 2.67. The van der Waals surface area contributed by atoms with Crippen molar-refractivity contribution in [2.24, 2.45) is 0 Å². The second-order valence-corrected chi connectivity index (χ2v) is 6.24. The van der Waals surface area contributed by atoms with Gasteiger partial charge in [-0.15, -0.1) is 0 Å². The maximum absolute atomic E-state index is 11.9. The fourth-order valence-corrected chi connectivity index (χ4v) is 2.65. The molecule has 0 spiro atoms. The van der Waals surface area contributed by atoms with Gasteiger partial charge >= 0.3 is 5.97 Å². The number of carbonyl (C=O) groups excluding carboxylic acids is 1. The number of nitrogens with two attached hydrogens (primary N) is 2. The van der Waals surface area contributed by atoms with E-state index in [-0.39, 0.29) is 11.9 Å². The first-order chi connectivity index (χ1) is 13.1. The maximum atomic E-state index is 11.9. The number of anilines is 3. The summed E-state index contributed by atoms with van der Waals surface area (Å²) in [5.74, 6) is 0.240. The molecular formula is C20H23N5O2. The van der Waals surface area contributed by atoms with Gasteiger partial charge in [-0.05, 0) is 48.4 Å². The molecule has 7 heteroatoms. The highest BCUT2D eigenvalue weighted by atomic mass is 16.5. The number of nitrogens with one attached hydrogen (secondary N) is 1. The lowest BCUT2D eigenvalue weighted by Gasteiger charge is -2.09. The average molecular weight is 365 g/mol. The third-order valence-corrected chi connectivity index (χ3v) is 4.16. The Bertz CT molecular complexity index is 941. The molecule has 0 bridgehead atoms. The van der Waals surface area contributed by atoms with Gasteiger partial charge in [-0.25, -0.2) is 9.78 Å². The predicted molar refractivity (Wildman–Crippen MR) is 107 cm³/mol. The molecule has 7 nitrogen and oxygen atoms in total. The molecule has 0 saturated heterocycles. The lowest BCUT2D eigenvalue weighted by atomic mass is 10.1. The highest BCUT2D eigenvalue weighted by Crippen LogP contribution is 2.21. The van der Waals surface area contributed by atoms with Crippen LogP contribution in [-0.2, 0) is 11.3 Å². The molecule has 3 aromatic rings. The molecule has 27 heavy (non-hydrogen) atoms. The van der Waals surface area contributed by atoms with Gasteiger partial charge in [-0.1, -0.05) is 19.4 Å². The smallest absolute Gasteiger partial charge is 0.338 e. The van der Waals surface area contributed by atoms with E-state index in [4.69, 9.17) is 16.2 Å². The van der Waals surface area contributed by atoms with E-state index in [2.05, 4.69) is 22.2 Å². The molecular weight excluding hydrogens is 342 g/mol. The number of fused-ring (bicyclic) bond motifs is 1. The first-order valence-electron chi connectivity index (χ1n) is 8.89. The normalized spacial score (nSPS) is 10.7. The molecule has 1 heterocycles. The minimum absolute atomic E-state index is 0.166. The van der Waals surface area contributed by atoms with Crippen LogP contribution in [-0.4, -0.2) is 22.5 Å². The molecule has 3 rings (SSSR count). The number of esters is 1. The van der Waals surface area contributed by atoms with Crippen molar-refractivity contribution >= 4 is 34.3 Å². The summed E-state index contributed by atoms with van der Waals surface area (Å²) >= 11 is 0. The molecule has 0 aliphatic rings. The lowest BCUT2D eigenvalue weighted by molar-refractivity contribution is 0.0500. The monoisotopic (exact) mass is 365 g/mol. The summed E-state index contributed by atoms with van der Waals surface area (Å²) in [6, 6.07) is 13.0. The number of ether oxygens (including phenoxy) is 1. The summed E-state index contributed by atoms with van der Waals surface area (Å²) in [6.45, 7) is 3.11. The van der Waals surface area contributed by atoms with Crippen LogP contribution in [0.2, 0.25) is 0 Å². The highest BCUT2D eigenvalue weighted by Gasteiger charge is 2.07. The predicted octanol–water partition coefficient (Wildman–Crippen LogP) is 3.36. The number of aromatic nitrogens is 2. The van der Waals surface area contributed by atoms with Crippen LogP contribution in [0, 0.1) is 0 Å². The summed E-state index contributed by atoms with van der Waals surface area (Å²) in [5, 5.41) is 4.09. The molecule has 5 N–H and O–H groups in total. The van der Waals surface area contributed by atoms with Crippen molar-refractivity contribution in [1.82, 2.24) is 9.97 Å². The van der Waals surface area contributed by atoms with Crippen molar-refractivity contribution in [2.45, 2.75) is 26.3 Å². The number of nitrogen functional groups attached to an aromatic ring is 2. The molecule has 0 radical (unpaired) electrons. The van der Waals surface area contributed by atoms with Crippen LogP contribution in [0.4, 0.5) is 17.5 Å². The Labute approximate surface area is 157 Å². The van der Waals surface area contributed by atoms with E-state index in [0.717, 1.165) is 35.0 Å². The molecule has 0 amide bonds. The van der Waals surface area contributed by atoms with Crippen LogP contribution in [0.1, 0.15) is 35.7 Å². The Balaban J connectivity index is 1.63. The van der Waals surface area contributed by atoms with Crippen LogP contribution in [0.3, 0.4) is 0 Å². The van der Waals surface area contributed by atoms with Crippen molar-refractivity contribution in [3.8, 4) is 0 Å². The number of rotatable bonds is 7. The lowest BCUT2D eigenvalue weighted by Crippen LogP contribution is -2.06. The van der Waals surface area contributed by atoms with E-state index >= 15 is 0 Å². The van der Waals surface area contributed by atoms with Crippen molar-refractivity contribution in [3.05, 3.63) is 53.6 Å². The zero-order valence-electron chi connectivity index (χ0n) is 15.2. The second-order valence-electron chi connectivity index (χ2n) is 6.24. The van der Waals surface area contributed by atoms with Gasteiger partial charge in [0.05, 0.1) is 17.7 Å². The zero-order valence-corrected chi connectivity index (χ0v) is 15.2. The van der Waals surface area contributed by atoms with E-state index in [1.165, 1.54) is 0 Å². The van der Waals surface area contributed by atoms with Crippen LogP contribution in [0.5, 0.6) is 0 Å².